The van der Waals surface area contributed by atoms with Crippen LogP contribution in [0.3, 0.4) is 0 Å². The molecule has 2 nitrogen and oxygen atoms in total. The van der Waals surface area contributed by atoms with Crippen molar-refractivity contribution >= 4 is 38.4 Å². The molecule has 0 atom stereocenters. The number of benzene rings is 5. The van der Waals surface area contributed by atoms with Gasteiger partial charge in [0.05, 0.1) is 16.6 Å². The fourth-order valence-corrected chi connectivity index (χ4v) is 6.63. The van der Waals surface area contributed by atoms with E-state index in [2.05, 4.69) is 101 Å². The van der Waals surface area contributed by atoms with E-state index in [9.17, 15) is 0 Å². The fraction of sp³-hybridized carbons (Fsp3) is 0.0606. The first-order valence-corrected chi connectivity index (χ1v) is 12.3. The zero-order chi connectivity index (χ0) is 22.7. The average molecular weight is 445 g/mol. The second kappa shape index (κ2) is 6.17. The van der Waals surface area contributed by atoms with Gasteiger partial charge in [-0.2, -0.15) is 0 Å². The van der Waals surface area contributed by atoms with Crippen molar-refractivity contribution in [3.8, 4) is 22.3 Å². The molecule has 2 heteroatoms. The molecule has 0 N–H and O–H groups in total. The lowest BCUT2D eigenvalue weighted by Crippen LogP contribution is -1.92. The normalized spacial score (nSPS) is 13.5. The van der Waals surface area contributed by atoms with Gasteiger partial charge in [-0.3, -0.25) is 4.40 Å². The zero-order valence-electron chi connectivity index (χ0n) is 19.0. The van der Waals surface area contributed by atoms with Crippen LogP contribution in [-0.2, 0) is 12.8 Å². The quantitative estimate of drug-likeness (QED) is 0.217. The highest BCUT2D eigenvalue weighted by Gasteiger charge is 2.26. The summed E-state index contributed by atoms with van der Waals surface area (Å²) in [6.07, 6.45) is 2.04. The van der Waals surface area contributed by atoms with E-state index in [0.29, 0.717) is 0 Å². The van der Waals surface area contributed by atoms with Crippen LogP contribution in [-0.4, -0.2) is 9.38 Å². The van der Waals surface area contributed by atoms with Gasteiger partial charge >= 0.3 is 0 Å². The Kier molecular flexibility index (Phi) is 3.16. The summed E-state index contributed by atoms with van der Waals surface area (Å²) >= 11 is 0. The Bertz CT molecular complexity index is 2060. The third-order valence-corrected chi connectivity index (χ3v) is 8.17. The average Bonchev–Trinajstić information content (AvgIpc) is 3.57. The molecule has 2 heterocycles. The minimum atomic E-state index is 1.00. The van der Waals surface area contributed by atoms with Crippen molar-refractivity contribution in [2.75, 3.05) is 0 Å². The minimum absolute atomic E-state index is 1.00. The third-order valence-electron chi connectivity index (χ3n) is 8.17. The number of pyridine rings is 1. The van der Waals surface area contributed by atoms with Gasteiger partial charge < -0.3 is 0 Å². The van der Waals surface area contributed by atoms with Crippen LogP contribution in [0.4, 0.5) is 0 Å². The maximum atomic E-state index is 5.13. The molecule has 0 saturated carbocycles. The SMILES string of the molecule is c1ccc2c(c1)Cc1cc3c(cc1-2)-c1cc2c(cc1C3)c1ccccc1n1c3ccccc3nc21. The summed E-state index contributed by atoms with van der Waals surface area (Å²) in [6, 6.07) is 35.9. The number of aromatic nitrogens is 2. The zero-order valence-corrected chi connectivity index (χ0v) is 19.0. The maximum Gasteiger partial charge on any atom is 0.146 e. The number of rotatable bonds is 0. The summed E-state index contributed by atoms with van der Waals surface area (Å²) in [4.78, 5) is 5.13. The molecule has 35 heavy (non-hydrogen) atoms. The molecule has 0 amide bonds. The number of imidazole rings is 1. The van der Waals surface area contributed by atoms with Crippen LogP contribution >= 0.6 is 0 Å². The summed E-state index contributed by atoms with van der Waals surface area (Å²) in [6.45, 7) is 0. The standard InChI is InChI=1S/C33H20N2/c1-2-8-23-19(7-1)13-20-14-21-15-22-16-28-24-9-3-5-11-31(24)35-32-12-6-4-10-30(32)34-33(35)29(28)18-27(22)26(21)17-25(20)23/h1-12,14,16-18H,13,15H2. The van der Waals surface area contributed by atoms with Crippen LogP contribution in [0.1, 0.15) is 22.3 Å². The van der Waals surface area contributed by atoms with Crippen molar-refractivity contribution in [2.45, 2.75) is 12.8 Å². The highest BCUT2D eigenvalue weighted by molar-refractivity contribution is 6.15. The summed E-state index contributed by atoms with van der Waals surface area (Å²) < 4.78 is 2.34. The van der Waals surface area contributed by atoms with E-state index < -0.39 is 0 Å². The van der Waals surface area contributed by atoms with Crippen LogP contribution in [0.5, 0.6) is 0 Å². The number of para-hydroxylation sites is 3. The summed E-state index contributed by atoms with van der Waals surface area (Å²) in [5.74, 6) is 0. The van der Waals surface area contributed by atoms with Crippen molar-refractivity contribution in [3.05, 3.63) is 119 Å². The van der Waals surface area contributed by atoms with Gasteiger partial charge in [-0.1, -0.05) is 60.7 Å². The van der Waals surface area contributed by atoms with Gasteiger partial charge in [-0.25, -0.2) is 4.98 Å². The van der Waals surface area contributed by atoms with E-state index in [1.54, 1.807) is 0 Å². The second-order valence-electron chi connectivity index (χ2n) is 10.0. The van der Waals surface area contributed by atoms with Gasteiger partial charge in [0, 0.05) is 10.8 Å². The first-order valence-electron chi connectivity index (χ1n) is 12.3. The monoisotopic (exact) mass is 444 g/mol. The molecule has 0 aliphatic heterocycles. The lowest BCUT2D eigenvalue weighted by atomic mass is 9.96. The Labute approximate surface area is 202 Å². The molecule has 9 rings (SSSR count). The van der Waals surface area contributed by atoms with Crippen molar-refractivity contribution in [1.82, 2.24) is 9.38 Å². The molecule has 0 spiro atoms. The Morgan fingerprint density at radius 1 is 0.486 bits per heavy atom. The minimum Gasteiger partial charge on any atom is -0.292 e. The van der Waals surface area contributed by atoms with Crippen molar-refractivity contribution in [1.29, 1.82) is 0 Å². The van der Waals surface area contributed by atoms with Gasteiger partial charge in [0.25, 0.3) is 0 Å². The molecule has 2 aliphatic carbocycles. The maximum absolute atomic E-state index is 5.13. The Balaban J connectivity index is 1.40. The number of hydrogen-bond acceptors (Lipinski definition) is 1. The molecule has 0 saturated heterocycles. The summed E-state index contributed by atoms with van der Waals surface area (Å²) in [5.41, 5.74) is 15.8. The van der Waals surface area contributed by atoms with Crippen molar-refractivity contribution in [3.63, 3.8) is 0 Å². The largest absolute Gasteiger partial charge is 0.292 e. The highest BCUT2D eigenvalue weighted by atomic mass is 15.0. The molecule has 0 unspecified atom stereocenters. The molecule has 0 radical (unpaired) electrons. The van der Waals surface area contributed by atoms with Crippen LogP contribution in [0.2, 0.25) is 0 Å². The lowest BCUT2D eigenvalue weighted by Gasteiger charge is -2.12. The van der Waals surface area contributed by atoms with Gasteiger partial charge in [0.2, 0.25) is 0 Å². The van der Waals surface area contributed by atoms with Gasteiger partial charge in [-0.05, 0) is 99.1 Å². The molecule has 0 bridgehead atoms. The van der Waals surface area contributed by atoms with E-state index in [0.717, 1.165) is 29.5 Å². The smallest absolute Gasteiger partial charge is 0.146 e. The molecule has 162 valence electrons. The molecule has 7 aromatic rings. The molecular formula is C33H20N2. The van der Waals surface area contributed by atoms with E-state index in [-0.39, 0.29) is 0 Å². The van der Waals surface area contributed by atoms with E-state index in [1.807, 2.05) is 0 Å². The van der Waals surface area contributed by atoms with Crippen LogP contribution in [0.25, 0.3) is 60.6 Å². The van der Waals surface area contributed by atoms with Crippen LogP contribution in [0.15, 0.2) is 97.1 Å². The lowest BCUT2D eigenvalue weighted by molar-refractivity contribution is 1.21. The first-order chi connectivity index (χ1) is 17.3. The van der Waals surface area contributed by atoms with Gasteiger partial charge in [-0.15, -0.1) is 0 Å². The predicted octanol–water partition coefficient (Wildman–Crippen LogP) is 7.94. The third kappa shape index (κ3) is 2.22. The number of nitrogens with zero attached hydrogens (tertiary/aromatic N) is 2. The van der Waals surface area contributed by atoms with Crippen LogP contribution < -0.4 is 0 Å². The van der Waals surface area contributed by atoms with Gasteiger partial charge in [0.15, 0.2) is 0 Å². The number of hydrogen-bond donors (Lipinski definition) is 0. The molecule has 5 aromatic carbocycles. The molecule has 2 aliphatic rings. The Morgan fingerprint density at radius 2 is 1.17 bits per heavy atom. The predicted molar refractivity (Wildman–Crippen MR) is 144 cm³/mol. The highest BCUT2D eigenvalue weighted by Crippen LogP contribution is 2.46. The first kappa shape index (κ1) is 18.0. The summed E-state index contributed by atoms with van der Waals surface area (Å²) in [7, 11) is 0. The van der Waals surface area contributed by atoms with E-state index >= 15 is 0 Å². The van der Waals surface area contributed by atoms with E-state index in [1.165, 1.54) is 66.2 Å². The topological polar surface area (TPSA) is 17.3 Å². The van der Waals surface area contributed by atoms with E-state index in [4.69, 9.17) is 4.98 Å². The molecule has 0 fully saturated rings. The van der Waals surface area contributed by atoms with Crippen LogP contribution in [0, 0.1) is 0 Å². The Morgan fingerprint density at radius 3 is 2.11 bits per heavy atom. The summed E-state index contributed by atoms with van der Waals surface area (Å²) in [5, 5.41) is 3.81. The molecular weight excluding hydrogens is 424 g/mol. The van der Waals surface area contributed by atoms with Gasteiger partial charge in [0.1, 0.15) is 5.65 Å². The van der Waals surface area contributed by atoms with Crippen molar-refractivity contribution in [2.24, 2.45) is 0 Å². The fourth-order valence-electron chi connectivity index (χ4n) is 6.63. The van der Waals surface area contributed by atoms with Crippen molar-refractivity contribution < 1.29 is 0 Å². The number of fused-ring (bicyclic) bond motifs is 14. The second-order valence-corrected chi connectivity index (χ2v) is 10.0. The Hall–Kier alpha value is -4.43. The molecule has 2 aromatic heterocycles.